The molecule has 49 heavy (non-hydrogen) atoms. The number of amides is 2. The third-order valence-corrected chi connectivity index (χ3v) is 9.23. The molecule has 0 saturated carbocycles. The van der Waals surface area contributed by atoms with Crippen molar-refractivity contribution in [2.75, 3.05) is 40.4 Å². The van der Waals surface area contributed by atoms with Gasteiger partial charge in [0, 0.05) is 38.8 Å². The van der Waals surface area contributed by atoms with Crippen molar-refractivity contribution in [1.82, 2.24) is 15.5 Å². The zero-order valence-corrected chi connectivity index (χ0v) is 29.4. The maximum absolute atomic E-state index is 13.3. The summed E-state index contributed by atoms with van der Waals surface area (Å²) in [5.41, 5.74) is 7.22. The molecule has 1 aliphatic carbocycles. The van der Waals surface area contributed by atoms with E-state index in [0.29, 0.717) is 29.8 Å². The summed E-state index contributed by atoms with van der Waals surface area (Å²) >= 11 is 0. The number of aliphatic hydroxyl groups is 2. The number of nitrogens with zero attached hydrogens (tertiary/aromatic N) is 1. The van der Waals surface area contributed by atoms with Gasteiger partial charge in [-0.15, -0.1) is 0 Å². The summed E-state index contributed by atoms with van der Waals surface area (Å²) in [5.74, 6) is -1.17. The molecule has 2 amide bonds. The normalized spacial score (nSPS) is 33.7. The van der Waals surface area contributed by atoms with Crippen molar-refractivity contribution in [2.24, 2.45) is 17.6 Å². The Morgan fingerprint density at radius 1 is 1.08 bits per heavy atom. The molecule has 14 nitrogen and oxygen atoms in total. The lowest BCUT2D eigenvalue weighted by Crippen LogP contribution is -2.42. The summed E-state index contributed by atoms with van der Waals surface area (Å²) in [6.07, 6.45) is 2.54. The van der Waals surface area contributed by atoms with E-state index in [-0.39, 0.29) is 23.6 Å². The molecule has 7 N–H and O–H groups in total. The highest BCUT2D eigenvalue weighted by Crippen LogP contribution is 2.33. The van der Waals surface area contributed by atoms with Crippen LogP contribution in [-0.2, 0) is 23.7 Å². The van der Waals surface area contributed by atoms with Gasteiger partial charge in [0.2, 0.25) is 0 Å². The summed E-state index contributed by atoms with van der Waals surface area (Å²) in [6, 6.07) is 0. The van der Waals surface area contributed by atoms with Crippen LogP contribution in [-0.4, -0.2) is 115 Å². The van der Waals surface area contributed by atoms with Crippen molar-refractivity contribution in [3.63, 3.8) is 0 Å². The fourth-order valence-electron chi connectivity index (χ4n) is 6.60. The molecule has 8 atom stereocenters. The van der Waals surface area contributed by atoms with Crippen LogP contribution >= 0.6 is 0 Å². The van der Waals surface area contributed by atoms with Crippen LogP contribution in [0.25, 0.3) is 0 Å². The van der Waals surface area contributed by atoms with Crippen molar-refractivity contribution >= 4 is 18.2 Å². The lowest BCUT2D eigenvalue weighted by Gasteiger charge is -2.34. The molecule has 3 rings (SSSR count). The lowest BCUT2D eigenvalue weighted by molar-refractivity contribution is -0.117. The summed E-state index contributed by atoms with van der Waals surface area (Å²) in [7, 11) is 2.94. The van der Waals surface area contributed by atoms with Gasteiger partial charge in [0.25, 0.3) is 5.91 Å². The molecule has 0 radical (unpaired) electrons. The maximum atomic E-state index is 13.3. The smallest absolute Gasteiger partial charge is 0.450 e. The number of hydrogen-bond donors (Lipinski definition) is 6. The molecular weight excluding hydrogens is 636 g/mol. The van der Waals surface area contributed by atoms with E-state index in [1.54, 1.807) is 32.1 Å². The van der Waals surface area contributed by atoms with Gasteiger partial charge in [-0.05, 0) is 75.8 Å². The minimum atomic E-state index is -1.51. The van der Waals surface area contributed by atoms with Crippen LogP contribution in [0.15, 0.2) is 58.5 Å². The number of fused-ring (bicyclic) bond motifs is 2. The van der Waals surface area contributed by atoms with Gasteiger partial charge in [-0.2, -0.15) is 0 Å². The van der Waals surface area contributed by atoms with Gasteiger partial charge < -0.3 is 55.5 Å². The highest BCUT2D eigenvalue weighted by molar-refractivity contribution is 5.94. The number of aliphatic hydroxyl groups excluding tert-OH is 2. The average molecular weight is 691 g/mol. The fourth-order valence-corrected chi connectivity index (χ4v) is 6.60. The number of methoxy groups -OCH3 is 2. The van der Waals surface area contributed by atoms with Gasteiger partial charge in [0.05, 0.1) is 23.6 Å². The first kappa shape index (κ1) is 39.7. The van der Waals surface area contributed by atoms with Crippen LogP contribution in [0.5, 0.6) is 0 Å². The van der Waals surface area contributed by atoms with Gasteiger partial charge in [-0.3, -0.25) is 4.79 Å². The molecule has 0 aromatic heterocycles. The summed E-state index contributed by atoms with van der Waals surface area (Å²) < 4.78 is 22.0. The molecule has 274 valence electrons. The number of nitrogens with two attached hydrogens (primary N) is 1. The molecule has 1 fully saturated rings. The number of rotatable bonds is 8. The van der Waals surface area contributed by atoms with Crippen molar-refractivity contribution < 1.29 is 48.7 Å². The predicted molar refractivity (Wildman–Crippen MR) is 182 cm³/mol. The van der Waals surface area contributed by atoms with E-state index >= 15 is 0 Å². The number of likely N-dealkylation sites (tertiary alicyclic amines) is 1. The second-order valence-electron chi connectivity index (χ2n) is 13.1. The molecule has 0 aromatic rings. The first-order chi connectivity index (χ1) is 23.2. The number of carboxylic acid groups (broad SMARTS) is 1. The zero-order chi connectivity index (χ0) is 36.2. The fraction of sp³-hybridized carbons (Fsp3) is 0.629. The summed E-state index contributed by atoms with van der Waals surface area (Å²) in [6.45, 7) is 10.3. The van der Waals surface area contributed by atoms with Crippen molar-refractivity contribution in [3.8, 4) is 0 Å². The Labute approximate surface area is 288 Å². The Bertz CT molecular complexity index is 1320. The van der Waals surface area contributed by atoms with E-state index in [2.05, 4.69) is 15.5 Å². The third-order valence-electron chi connectivity index (χ3n) is 9.23. The first-order valence-electron chi connectivity index (χ1n) is 16.8. The summed E-state index contributed by atoms with van der Waals surface area (Å²) in [4.78, 5) is 39.3. The number of primary amides is 1. The quantitative estimate of drug-likeness (QED) is 0.161. The molecule has 0 spiro atoms. The molecule has 2 aliphatic heterocycles. The number of hydrogen-bond acceptors (Lipinski definition) is 11. The predicted octanol–water partition coefficient (Wildman–Crippen LogP) is 2.73. The lowest BCUT2D eigenvalue weighted by atomic mass is 9.84. The van der Waals surface area contributed by atoms with Gasteiger partial charge in [-0.1, -0.05) is 38.2 Å². The summed E-state index contributed by atoms with van der Waals surface area (Å²) in [5, 5.41) is 38.8. The zero-order valence-electron chi connectivity index (χ0n) is 29.4. The molecule has 0 aromatic carbocycles. The standard InChI is InChI=1S/C35H54N4O10/c1-20-16-24-29(37-12-15-39-13-7-8-14-39)27(48-35(44)45)19-25(31(24)41)38-33(42)21(2)10-9-11-26(46-5)32(49-34(36)43)23(4)18-22(3)30(40)28(17-20)47-6/h9-11,18-20,22,26-28,30-32,37,40-41H,7-8,12-17H2,1-6H3,(H2,36,43)(H,38,42)(H,44,45)/b11-9+,21-10-,23-18+/t20-,22+,26+,27?,28+,30-,31?,32+/m1/s1. The number of allylic oxidation sites excluding steroid dienone is 2. The van der Waals surface area contributed by atoms with Crippen LogP contribution in [0.2, 0.25) is 0 Å². The van der Waals surface area contributed by atoms with Crippen LogP contribution in [0, 0.1) is 11.8 Å². The SMILES string of the molecule is CO[C@H]1/C=C/C=C(/C)C(=O)NC2=CC(OC(=O)O)C(NCCN3CCCC3)=C(C[C@@H](C)C[C@H](OC)[C@H](O)[C@@H](C)/C=C(\C)[C@@H]1OC(N)=O)C2O. The Morgan fingerprint density at radius 3 is 2.39 bits per heavy atom. The molecule has 2 unspecified atom stereocenters. The largest absolute Gasteiger partial charge is 0.506 e. The third kappa shape index (κ3) is 11.4. The first-order valence-corrected chi connectivity index (χ1v) is 16.8. The molecule has 14 heteroatoms. The monoisotopic (exact) mass is 690 g/mol. The van der Waals surface area contributed by atoms with Crippen LogP contribution in [0.3, 0.4) is 0 Å². The molecule has 2 heterocycles. The Hall–Kier alpha value is -3.69. The highest BCUT2D eigenvalue weighted by atomic mass is 16.7. The Kier molecular flexibility index (Phi) is 15.3. The number of carbonyl (C=O) groups excluding carboxylic acids is 2. The molecule has 1 saturated heterocycles. The van der Waals surface area contributed by atoms with Gasteiger partial charge in [0.1, 0.15) is 12.2 Å². The van der Waals surface area contributed by atoms with Crippen molar-refractivity contribution in [2.45, 2.75) is 90.0 Å². The second-order valence-corrected chi connectivity index (χ2v) is 13.1. The van der Waals surface area contributed by atoms with Crippen LogP contribution in [0.1, 0.15) is 53.4 Å². The second kappa shape index (κ2) is 18.9. The van der Waals surface area contributed by atoms with E-state index in [4.69, 9.17) is 24.7 Å². The number of ether oxygens (including phenoxy) is 4. The van der Waals surface area contributed by atoms with Crippen LogP contribution < -0.4 is 16.4 Å². The Balaban J connectivity index is 2.08. The molecule has 3 aliphatic rings. The van der Waals surface area contributed by atoms with E-state index in [1.807, 2.05) is 13.8 Å². The van der Waals surface area contributed by atoms with E-state index in [9.17, 15) is 29.7 Å². The highest BCUT2D eigenvalue weighted by Gasteiger charge is 2.35. The van der Waals surface area contributed by atoms with Crippen LogP contribution in [0.4, 0.5) is 9.59 Å². The van der Waals surface area contributed by atoms with E-state index in [1.165, 1.54) is 26.4 Å². The number of nitrogens with one attached hydrogen (secondary N) is 2. The molecular formula is C35H54N4O10. The van der Waals surface area contributed by atoms with Crippen molar-refractivity contribution in [1.29, 1.82) is 0 Å². The van der Waals surface area contributed by atoms with E-state index in [0.717, 1.165) is 32.5 Å². The minimum Gasteiger partial charge on any atom is -0.450 e. The number of carbonyl (C=O) groups is 3. The van der Waals surface area contributed by atoms with E-state index < -0.39 is 60.7 Å². The average Bonchev–Trinajstić information content (AvgIpc) is 3.56. The van der Waals surface area contributed by atoms with Gasteiger partial charge >= 0.3 is 12.2 Å². The van der Waals surface area contributed by atoms with Gasteiger partial charge in [0.15, 0.2) is 12.2 Å². The topological polar surface area (TPSA) is 202 Å². The Morgan fingerprint density at radius 2 is 1.78 bits per heavy atom. The van der Waals surface area contributed by atoms with Crippen molar-refractivity contribution in [3.05, 3.63) is 58.5 Å². The molecule has 2 bridgehead atoms. The van der Waals surface area contributed by atoms with Gasteiger partial charge in [-0.25, -0.2) is 9.59 Å². The maximum Gasteiger partial charge on any atom is 0.506 e. The minimum absolute atomic E-state index is 0.0830.